The van der Waals surface area contributed by atoms with Crippen molar-refractivity contribution < 1.29 is 4.79 Å². The third-order valence-electron chi connectivity index (χ3n) is 2.35. The summed E-state index contributed by atoms with van der Waals surface area (Å²) in [4.78, 5) is 15.5. The fraction of sp³-hybridized carbons (Fsp3) is 0.500. The lowest BCUT2D eigenvalue weighted by molar-refractivity contribution is -0.120. The zero-order valence-electron chi connectivity index (χ0n) is 6.86. The van der Waals surface area contributed by atoms with E-state index in [2.05, 4.69) is 15.4 Å². The summed E-state index contributed by atoms with van der Waals surface area (Å²) in [5, 5.41) is 9.58. The van der Waals surface area contributed by atoms with Crippen LogP contribution in [0.4, 0.5) is 0 Å². The van der Waals surface area contributed by atoms with Crippen LogP contribution in [0.3, 0.4) is 0 Å². The molecule has 13 heavy (non-hydrogen) atoms. The van der Waals surface area contributed by atoms with Crippen molar-refractivity contribution in [3.8, 4) is 6.07 Å². The molecule has 5 heteroatoms. The van der Waals surface area contributed by atoms with Gasteiger partial charge in [-0.2, -0.15) is 9.64 Å². The minimum atomic E-state index is -0.971. The van der Waals surface area contributed by atoms with Crippen molar-refractivity contribution in [1.29, 1.82) is 5.26 Å². The van der Waals surface area contributed by atoms with Crippen molar-refractivity contribution in [2.75, 3.05) is 0 Å². The molecule has 1 aromatic rings. The molecule has 1 fully saturated rings. The average Bonchev–Trinajstić information content (AvgIpc) is 2.73. The van der Waals surface area contributed by atoms with Gasteiger partial charge in [-0.15, -0.1) is 0 Å². The van der Waals surface area contributed by atoms with Crippen LogP contribution in [0.5, 0.6) is 0 Å². The van der Waals surface area contributed by atoms with Crippen molar-refractivity contribution in [2.24, 2.45) is 0 Å². The number of nitrogens with zero attached hydrogens (tertiary/aromatic N) is 3. The molecule has 1 aliphatic carbocycles. The standard InChI is InChI=1S/C8H7N3OS/c9-4-8(3-1-2-6(8)12)7-10-5-11-13-7/h5H,1-3H2. The maximum atomic E-state index is 11.5. The molecule has 0 bridgehead atoms. The molecule has 2 rings (SSSR count). The largest absolute Gasteiger partial charge is 0.297 e. The van der Waals surface area contributed by atoms with Crippen molar-refractivity contribution >= 4 is 17.3 Å². The van der Waals surface area contributed by atoms with E-state index >= 15 is 0 Å². The van der Waals surface area contributed by atoms with E-state index in [1.54, 1.807) is 0 Å². The molecule has 0 radical (unpaired) electrons. The van der Waals surface area contributed by atoms with E-state index in [1.165, 1.54) is 6.33 Å². The molecular formula is C8H7N3OS. The fourth-order valence-corrected chi connectivity index (χ4v) is 2.33. The molecule has 0 amide bonds. The van der Waals surface area contributed by atoms with E-state index in [-0.39, 0.29) is 5.78 Å². The maximum absolute atomic E-state index is 11.5. The number of carbonyl (C=O) groups excluding carboxylic acids is 1. The molecule has 1 saturated carbocycles. The van der Waals surface area contributed by atoms with Gasteiger partial charge in [-0.3, -0.25) is 4.79 Å². The predicted octanol–water partition coefficient (Wildman–Crippen LogP) is 1.05. The minimum Gasteiger partial charge on any atom is -0.297 e. The van der Waals surface area contributed by atoms with Crippen LogP contribution in [-0.2, 0) is 10.2 Å². The first-order valence-electron chi connectivity index (χ1n) is 4.01. The van der Waals surface area contributed by atoms with Crippen LogP contribution < -0.4 is 0 Å². The lowest BCUT2D eigenvalue weighted by Crippen LogP contribution is -2.28. The van der Waals surface area contributed by atoms with Crippen LogP contribution >= 0.6 is 11.5 Å². The van der Waals surface area contributed by atoms with Gasteiger partial charge in [0.05, 0.1) is 6.07 Å². The third kappa shape index (κ3) is 1.06. The van der Waals surface area contributed by atoms with Gasteiger partial charge < -0.3 is 0 Å². The predicted molar refractivity (Wildman–Crippen MR) is 46.1 cm³/mol. The molecule has 0 spiro atoms. The first-order valence-corrected chi connectivity index (χ1v) is 4.78. The SMILES string of the molecule is N#CC1(c2ncns2)CCCC1=O. The first-order chi connectivity index (χ1) is 6.29. The molecule has 1 unspecified atom stereocenters. The lowest BCUT2D eigenvalue weighted by Gasteiger charge is -2.13. The lowest BCUT2D eigenvalue weighted by atomic mass is 9.88. The van der Waals surface area contributed by atoms with Gasteiger partial charge in [-0.05, 0) is 24.4 Å². The Kier molecular flexibility index (Phi) is 1.85. The number of ketones is 1. The van der Waals surface area contributed by atoms with Gasteiger partial charge in [0.1, 0.15) is 11.3 Å². The van der Waals surface area contributed by atoms with Crippen LogP contribution in [0.2, 0.25) is 0 Å². The molecule has 1 heterocycles. The Morgan fingerprint density at radius 1 is 1.69 bits per heavy atom. The molecule has 1 atom stereocenters. The van der Waals surface area contributed by atoms with Gasteiger partial charge in [-0.25, -0.2) is 4.98 Å². The molecule has 4 nitrogen and oxygen atoms in total. The summed E-state index contributed by atoms with van der Waals surface area (Å²) in [6, 6.07) is 2.09. The molecule has 1 aromatic heterocycles. The van der Waals surface area contributed by atoms with E-state index in [0.29, 0.717) is 17.8 Å². The number of rotatable bonds is 1. The highest BCUT2D eigenvalue weighted by Crippen LogP contribution is 2.37. The highest BCUT2D eigenvalue weighted by molar-refractivity contribution is 7.05. The number of carbonyl (C=O) groups is 1. The quantitative estimate of drug-likeness (QED) is 0.668. The second-order valence-corrected chi connectivity index (χ2v) is 3.82. The molecule has 0 aliphatic heterocycles. The average molecular weight is 193 g/mol. The summed E-state index contributed by atoms with van der Waals surface area (Å²) in [6.45, 7) is 0. The van der Waals surface area contributed by atoms with E-state index in [1.807, 2.05) is 0 Å². The Hall–Kier alpha value is -1.28. The van der Waals surface area contributed by atoms with Gasteiger partial charge >= 0.3 is 0 Å². The molecule has 0 aromatic carbocycles. The van der Waals surface area contributed by atoms with Crippen LogP contribution in [0.15, 0.2) is 6.33 Å². The van der Waals surface area contributed by atoms with Gasteiger partial charge in [0.25, 0.3) is 0 Å². The molecule has 1 aliphatic rings. The van der Waals surface area contributed by atoms with Gasteiger partial charge in [0.15, 0.2) is 11.2 Å². The van der Waals surface area contributed by atoms with E-state index in [4.69, 9.17) is 5.26 Å². The van der Waals surface area contributed by atoms with Crippen molar-refractivity contribution in [3.05, 3.63) is 11.3 Å². The Labute approximate surface area is 79.4 Å². The first kappa shape index (κ1) is 8.32. The Morgan fingerprint density at radius 3 is 3.00 bits per heavy atom. The fourth-order valence-electron chi connectivity index (χ4n) is 1.62. The monoisotopic (exact) mass is 193 g/mol. The van der Waals surface area contributed by atoms with Crippen molar-refractivity contribution in [3.63, 3.8) is 0 Å². The second-order valence-electron chi connectivity index (χ2n) is 3.04. The summed E-state index contributed by atoms with van der Waals surface area (Å²) in [5.41, 5.74) is -0.971. The third-order valence-corrected chi connectivity index (χ3v) is 3.18. The van der Waals surface area contributed by atoms with E-state index < -0.39 is 5.41 Å². The van der Waals surface area contributed by atoms with Gasteiger partial charge in [0, 0.05) is 6.42 Å². The zero-order valence-corrected chi connectivity index (χ0v) is 7.67. The summed E-state index contributed by atoms with van der Waals surface area (Å²) < 4.78 is 3.82. The van der Waals surface area contributed by atoms with Gasteiger partial charge in [0.2, 0.25) is 0 Å². The molecular weight excluding hydrogens is 186 g/mol. The smallest absolute Gasteiger partial charge is 0.168 e. The van der Waals surface area contributed by atoms with E-state index in [0.717, 1.165) is 18.0 Å². The number of aromatic nitrogens is 2. The van der Waals surface area contributed by atoms with Crippen molar-refractivity contribution in [1.82, 2.24) is 9.36 Å². The number of hydrogen-bond acceptors (Lipinski definition) is 5. The van der Waals surface area contributed by atoms with Crippen molar-refractivity contribution in [2.45, 2.75) is 24.7 Å². The highest BCUT2D eigenvalue weighted by atomic mass is 32.1. The maximum Gasteiger partial charge on any atom is 0.168 e. The molecule has 66 valence electrons. The van der Waals surface area contributed by atoms with Crippen LogP contribution in [0.25, 0.3) is 0 Å². The normalized spacial score (nSPS) is 27.5. The van der Waals surface area contributed by atoms with Crippen LogP contribution in [0.1, 0.15) is 24.3 Å². The Balaban J connectivity index is 2.48. The molecule has 0 N–H and O–H groups in total. The number of Topliss-reactive ketones (excluding diaryl/α,β-unsaturated/α-hetero) is 1. The number of hydrogen-bond donors (Lipinski definition) is 0. The number of nitriles is 1. The van der Waals surface area contributed by atoms with E-state index in [9.17, 15) is 4.79 Å². The topological polar surface area (TPSA) is 66.6 Å². The highest BCUT2D eigenvalue weighted by Gasteiger charge is 2.46. The minimum absolute atomic E-state index is 0.00764. The summed E-state index contributed by atoms with van der Waals surface area (Å²) in [6.07, 6.45) is 3.27. The van der Waals surface area contributed by atoms with Crippen LogP contribution in [0, 0.1) is 11.3 Å². The summed E-state index contributed by atoms with van der Waals surface area (Å²) in [5.74, 6) is -0.00764. The summed E-state index contributed by atoms with van der Waals surface area (Å²) in [7, 11) is 0. The summed E-state index contributed by atoms with van der Waals surface area (Å²) >= 11 is 1.14. The Bertz CT molecular complexity index is 367. The van der Waals surface area contributed by atoms with Gasteiger partial charge in [-0.1, -0.05) is 0 Å². The zero-order chi connectivity index (χ0) is 9.31. The second kappa shape index (κ2) is 2.89. The van der Waals surface area contributed by atoms with Crippen LogP contribution in [-0.4, -0.2) is 15.1 Å². The molecule has 0 saturated heterocycles. The Morgan fingerprint density at radius 2 is 2.54 bits per heavy atom.